The third kappa shape index (κ3) is 2.97. The van der Waals surface area contributed by atoms with Gasteiger partial charge >= 0.3 is 5.97 Å². The van der Waals surface area contributed by atoms with Gasteiger partial charge in [0.25, 0.3) is 5.91 Å². The molecular formula is C14H17N3O3S. The normalized spacial score (nSPS) is 10.5. The van der Waals surface area contributed by atoms with E-state index in [4.69, 9.17) is 4.74 Å². The zero-order valence-corrected chi connectivity index (χ0v) is 13.2. The molecule has 7 heteroatoms. The molecule has 0 unspecified atom stereocenters. The minimum atomic E-state index is -0.417. The molecule has 0 saturated heterocycles. The fraction of sp³-hybridized carbons (Fsp3) is 0.357. The monoisotopic (exact) mass is 307 g/mol. The molecule has 1 N–H and O–H groups in total. The molecule has 6 nitrogen and oxygen atoms in total. The van der Waals surface area contributed by atoms with Gasteiger partial charge in [0.1, 0.15) is 10.7 Å². The van der Waals surface area contributed by atoms with Crippen LogP contribution in [-0.2, 0) is 11.8 Å². The lowest BCUT2D eigenvalue weighted by Crippen LogP contribution is -2.17. The van der Waals surface area contributed by atoms with Crippen LogP contribution in [0.5, 0.6) is 0 Å². The third-order valence-electron chi connectivity index (χ3n) is 3.14. The number of nitrogens with zero attached hydrogens (tertiary/aromatic N) is 2. The average molecular weight is 307 g/mol. The number of rotatable bonds is 4. The molecule has 21 heavy (non-hydrogen) atoms. The van der Waals surface area contributed by atoms with Gasteiger partial charge in [-0.05, 0) is 26.3 Å². The Kier molecular flexibility index (Phi) is 4.42. The van der Waals surface area contributed by atoms with Crippen molar-refractivity contribution in [2.75, 3.05) is 11.9 Å². The first-order valence-corrected chi connectivity index (χ1v) is 7.32. The highest BCUT2D eigenvalue weighted by Gasteiger charge is 2.23. The van der Waals surface area contributed by atoms with E-state index in [2.05, 4.69) is 10.3 Å². The van der Waals surface area contributed by atoms with E-state index in [1.54, 1.807) is 24.9 Å². The van der Waals surface area contributed by atoms with Gasteiger partial charge in [-0.15, -0.1) is 11.3 Å². The molecule has 0 spiro atoms. The van der Waals surface area contributed by atoms with E-state index in [1.165, 1.54) is 17.5 Å². The largest absolute Gasteiger partial charge is 0.462 e. The Morgan fingerprint density at radius 1 is 1.43 bits per heavy atom. The van der Waals surface area contributed by atoms with Crippen LogP contribution in [0, 0.1) is 13.8 Å². The number of hydrogen-bond acceptors (Lipinski definition) is 5. The number of carbonyl (C=O) groups excluding carboxylic acids is 2. The predicted octanol–water partition coefficient (Wildman–Crippen LogP) is 2.53. The Bertz CT molecular complexity index is 688. The van der Waals surface area contributed by atoms with Crippen LogP contribution in [0.2, 0.25) is 0 Å². The van der Waals surface area contributed by atoms with Crippen LogP contribution in [-0.4, -0.2) is 28.0 Å². The molecule has 2 aromatic rings. The minimum absolute atomic E-state index is 0.294. The summed E-state index contributed by atoms with van der Waals surface area (Å²) in [4.78, 5) is 29.2. The Morgan fingerprint density at radius 2 is 2.14 bits per heavy atom. The highest BCUT2D eigenvalue weighted by atomic mass is 32.1. The topological polar surface area (TPSA) is 73.2 Å². The zero-order valence-electron chi connectivity index (χ0n) is 12.4. The summed E-state index contributed by atoms with van der Waals surface area (Å²) in [5, 5.41) is 3.28. The van der Waals surface area contributed by atoms with Crippen molar-refractivity contribution in [3.63, 3.8) is 0 Å². The average Bonchev–Trinajstić information content (AvgIpc) is 2.95. The molecule has 112 valence electrons. The van der Waals surface area contributed by atoms with Crippen molar-refractivity contribution < 1.29 is 14.3 Å². The van der Waals surface area contributed by atoms with Crippen molar-refractivity contribution in [2.45, 2.75) is 20.8 Å². The fourth-order valence-electron chi connectivity index (χ4n) is 1.91. The van der Waals surface area contributed by atoms with Crippen LogP contribution in [0.15, 0.2) is 12.5 Å². The number of aromatic nitrogens is 2. The lowest BCUT2D eigenvalue weighted by molar-refractivity contribution is 0.0527. The number of amides is 1. The molecule has 0 fully saturated rings. The Labute approximate surface area is 126 Å². The number of hydrogen-bond donors (Lipinski definition) is 1. The molecule has 0 aliphatic carbocycles. The molecule has 0 atom stereocenters. The number of esters is 1. The molecule has 0 aliphatic rings. The van der Waals surface area contributed by atoms with E-state index in [0.29, 0.717) is 22.9 Å². The van der Waals surface area contributed by atoms with E-state index in [1.807, 2.05) is 13.8 Å². The van der Waals surface area contributed by atoms with Gasteiger partial charge in [-0.25, -0.2) is 9.78 Å². The van der Waals surface area contributed by atoms with E-state index in [9.17, 15) is 9.59 Å². The van der Waals surface area contributed by atoms with E-state index < -0.39 is 5.97 Å². The predicted molar refractivity (Wildman–Crippen MR) is 80.9 cm³/mol. The lowest BCUT2D eigenvalue weighted by Gasteiger charge is -2.07. The number of nitrogens with one attached hydrogen (secondary N) is 1. The van der Waals surface area contributed by atoms with E-state index in [-0.39, 0.29) is 5.91 Å². The molecule has 0 saturated carbocycles. The van der Waals surface area contributed by atoms with Crippen molar-refractivity contribution in [1.82, 2.24) is 9.55 Å². The van der Waals surface area contributed by atoms with Crippen LogP contribution in [0.4, 0.5) is 5.00 Å². The highest BCUT2D eigenvalue weighted by Crippen LogP contribution is 2.33. The van der Waals surface area contributed by atoms with Crippen molar-refractivity contribution >= 4 is 28.2 Å². The van der Waals surface area contributed by atoms with Gasteiger partial charge in [0.15, 0.2) is 0 Å². The zero-order chi connectivity index (χ0) is 15.6. The number of anilines is 1. The molecule has 0 aliphatic heterocycles. The first-order valence-electron chi connectivity index (χ1n) is 6.50. The molecular weight excluding hydrogens is 290 g/mol. The summed E-state index contributed by atoms with van der Waals surface area (Å²) in [6.45, 7) is 5.79. The SMILES string of the molecule is CCOC(=O)c1c(NC(=O)c2cncn2C)sc(C)c1C. The molecule has 2 aromatic heterocycles. The van der Waals surface area contributed by atoms with Gasteiger partial charge in [-0.1, -0.05) is 0 Å². The van der Waals surface area contributed by atoms with Gasteiger partial charge < -0.3 is 14.6 Å². The molecule has 0 radical (unpaired) electrons. The maximum atomic E-state index is 12.2. The summed E-state index contributed by atoms with van der Waals surface area (Å²) >= 11 is 1.36. The first kappa shape index (κ1) is 15.2. The second-order valence-corrected chi connectivity index (χ2v) is 5.78. The second-order valence-electron chi connectivity index (χ2n) is 4.55. The Balaban J connectivity index is 2.32. The number of ether oxygens (including phenoxy) is 1. The summed E-state index contributed by atoms with van der Waals surface area (Å²) in [5.41, 5.74) is 1.68. The van der Waals surface area contributed by atoms with Crippen molar-refractivity contribution in [1.29, 1.82) is 0 Å². The summed E-state index contributed by atoms with van der Waals surface area (Å²) in [6.07, 6.45) is 3.03. The minimum Gasteiger partial charge on any atom is -0.462 e. The first-order chi connectivity index (χ1) is 9.95. The summed E-state index contributed by atoms with van der Waals surface area (Å²) in [5.74, 6) is -0.721. The third-order valence-corrected chi connectivity index (χ3v) is 4.26. The van der Waals surface area contributed by atoms with Crippen LogP contribution in [0.1, 0.15) is 38.2 Å². The second kappa shape index (κ2) is 6.09. The highest BCUT2D eigenvalue weighted by molar-refractivity contribution is 7.16. The lowest BCUT2D eigenvalue weighted by atomic mass is 10.1. The quantitative estimate of drug-likeness (QED) is 0.881. The van der Waals surface area contributed by atoms with Crippen LogP contribution < -0.4 is 5.32 Å². The van der Waals surface area contributed by atoms with Gasteiger partial charge in [-0.2, -0.15) is 0 Å². The molecule has 2 rings (SSSR count). The summed E-state index contributed by atoms with van der Waals surface area (Å²) in [6, 6.07) is 0. The smallest absolute Gasteiger partial charge is 0.341 e. The van der Waals surface area contributed by atoms with Gasteiger partial charge in [0.05, 0.1) is 24.7 Å². The van der Waals surface area contributed by atoms with Crippen LogP contribution >= 0.6 is 11.3 Å². The van der Waals surface area contributed by atoms with Crippen molar-refractivity contribution in [2.24, 2.45) is 7.05 Å². The Hall–Kier alpha value is -2.15. The van der Waals surface area contributed by atoms with Gasteiger partial charge in [0.2, 0.25) is 0 Å². The molecule has 0 aromatic carbocycles. The maximum absolute atomic E-state index is 12.2. The molecule has 0 bridgehead atoms. The molecule has 1 amide bonds. The van der Waals surface area contributed by atoms with E-state index in [0.717, 1.165) is 10.4 Å². The van der Waals surface area contributed by atoms with Crippen LogP contribution in [0.3, 0.4) is 0 Å². The van der Waals surface area contributed by atoms with E-state index >= 15 is 0 Å². The maximum Gasteiger partial charge on any atom is 0.341 e. The number of aryl methyl sites for hydroxylation is 2. The van der Waals surface area contributed by atoms with Crippen molar-refractivity contribution in [3.8, 4) is 0 Å². The number of thiophene rings is 1. The number of carbonyl (C=O) groups is 2. The fourth-order valence-corrected chi connectivity index (χ4v) is 2.95. The Morgan fingerprint density at radius 3 is 2.71 bits per heavy atom. The number of imidazole rings is 1. The molecule has 2 heterocycles. The van der Waals surface area contributed by atoms with Crippen molar-refractivity contribution in [3.05, 3.63) is 34.2 Å². The summed E-state index contributed by atoms with van der Waals surface area (Å²) < 4.78 is 6.68. The van der Waals surface area contributed by atoms with Gasteiger partial charge in [-0.3, -0.25) is 4.79 Å². The standard InChI is InChI=1S/C14H17N3O3S/c1-5-20-14(19)11-8(2)9(3)21-13(11)16-12(18)10-6-15-7-17(10)4/h6-7H,5H2,1-4H3,(H,16,18). The van der Waals surface area contributed by atoms with Gasteiger partial charge in [0, 0.05) is 11.9 Å². The summed E-state index contributed by atoms with van der Waals surface area (Å²) in [7, 11) is 1.74. The van der Waals surface area contributed by atoms with Crippen LogP contribution in [0.25, 0.3) is 0 Å².